The Bertz CT molecular complexity index is 571. The molecule has 1 aliphatic heterocycles. The molecule has 144 valence electrons. The number of benzene rings is 1. The zero-order chi connectivity index (χ0) is 18.8. The number of carbonyl (C=O) groups excluding carboxylic acids is 2. The van der Waals surface area contributed by atoms with Gasteiger partial charge in [0.05, 0.1) is 13.0 Å². The highest BCUT2D eigenvalue weighted by atomic mass is 19.1. The lowest BCUT2D eigenvalue weighted by Crippen LogP contribution is -2.34. The van der Waals surface area contributed by atoms with Crippen LogP contribution in [-0.2, 0) is 9.53 Å². The zero-order valence-electron chi connectivity index (χ0n) is 15.6. The lowest BCUT2D eigenvalue weighted by molar-refractivity contribution is -0.143. The first kappa shape index (κ1) is 20.4. The molecule has 2 rings (SSSR count). The van der Waals surface area contributed by atoms with E-state index in [0.29, 0.717) is 25.3 Å². The van der Waals surface area contributed by atoms with Crippen LogP contribution in [0.3, 0.4) is 0 Å². The minimum absolute atomic E-state index is 0.171. The Morgan fingerprint density at radius 2 is 1.81 bits per heavy atom. The number of ether oxygens (including phenoxy) is 1. The number of esters is 1. The Labute approximate surface area is 155 Å². The third-order valence-corrected chi connectivity index (χ3v) is 4.62. The minimum atomic E-state index is -0.370. The predicted molar refractivity (Wildman–Crippen MR) is 98.5 cm³/mol. The van der Waals surface area contributed by atoms with E-state index in [0.717, 1.165) is 19.4 Å². The van der Waals surface area contributed by atoms with Crippen LogP contribution in [0.2, 0.25) is 0 Å². The highest BCUT2D eigenvalue weighted by molar-refractivity contribution is 5.94. The van der Waals surface area contributed by atoms with Crippen molar-refractivity contribution in [1.29, 1.82) is 0 Å². The van der Waals surface area contributed by atoms with Gasteiger partial charge in [0.2, 0.25) is 0 Å². The monoisotopic (exact) mass is 364 g/mol. The van der Waals surface area contributed by atoms with Crippen molar-refractivity contribution in [3.8, 4) is 0 Å². The maximum Gasteiger partial charge on any atom is 0.307 e. The molecule has 1 amide bonds. The lowest BCUT2D eigenvalue weighted by Gasteiger charge is -2.23. The maximum atomic E-state index is 13.1. The zero-order valence-corrected chi connectivity index (χ0v) is 15.6. The molecule has 0 unspecified atom stereocenters. The SMILES string of the molecule is CCOC(=O)CCN(CCCCN1CCCC1)C(=O)c1ccc(F)cc1. The molecule has 1 saturated heterocycles. The fraction of sp³-hybridized carbons (Fsp3) is 0.600. The molecule has 0 N–H and O–H groups in total. The topological polar surface area (TPSA) is 49.9 Å². The average Bonchev–Trinajstić information content (AvgIpc) is 3.15. The van der Waals surface area contributed by atoms with E-state index in [4.69, 9.17) is 4.74 Å². The molecule has 1 aromatic carbocycles. The number of hydrogen-bond donors (Lipinski definition) is 0. The van der Waals surface area contributed by atoms with Crippen LogP contribution >= 0.6 is 0 Å². The van der Waals surface area contributed by atoms with E-state index in [1.165, 1.54) is 50.2 Å². The molecule has 1 aliphatic rings. The average molecular weight is 364 g/mol. The largest absolute Gasteiger partial charge is 0.466 e. The Morgan fingerprint density at radius 1 is 1.12 bits per heavy atom. The van der Waals surface area contributed by atoms with Crippen LogP contribution in [0.15, 0.2) is 24.3 Å². The molecule has 1 fully saturated rings. The first-order chi connectivity index (χ1) is 12.6. The van der Waals surface area contributed by atoms with Gasteiger partial charge in [0.25, 0.3) is 5.91 Å². The van der Waals surface area contributed by atoms with Gasteiger partial charge in [-0.05, 0) is 76.5 Å². The molecular weight excluding hydrogens is 335 g/mol. The van der Waals surface area contributed by atoms with Crippen molar-refractivity contribution in [3.05, 3.63) is 35.6 Å². The van der Waals surface area contributed by atoms with E-state index < -0.39 is 0 Å². The highest BCUT2D eigenvalue weighted by Gasteiger charge is 2.18. The molecule has 0 radical (unpaired) electrons. The third kappa shape index (κ3) is 6.75. The summed E-state index contributed by atoms with van der Waals surface area (Å²) in [6.45, 7) is 6.39. The molecule has 0 bridgehead atoms. The summed E-state index contributed by atoms with van der Waals surface area (Å²) in [5, 5.41) is 0. The Balaban J connectivity index is 1.87. The maximum absolute atomic E-state index is 13.1. The molecule has 0 spiro atoms. The first-order valence-electron chi connectivity index (χ1n) is 9.53. The van der Waals surface area contributed by atoms with Gasteiger partial charge >= 0.3 is 5.97 Å². The lowest BCUT2D eigenvalue weighted by atomic mass is 10.1. The van der Waals surface area contributed by atoms with Gasteiger partial charge in [-0.25, -0.2) is 4.39 Å². The summed E-state index contributed by atoms with van der Waals surface area (Å²) >= 11 is 0. The quantitative estimate of drug-likeness (QED) is 0.473. The van der Waals surface area contributed by atoms with Crippen molar-refractivity contribution in [1.82, 2.24) is 9.80 Å². The van der Waals surface area contributed by atoms with Gasteiger partial charge in [-0.2, -0.15) is 0 Å². The fourth-order valence-electron chi connectivity index (χ4n) is 3.19. The molecule has 1 aromatic rings. The van der Waals surface area contributed by atoms with Gasteiger partial charge in [-0.15, -0.1) is 0 Å². The molecule has 26 heavy (non-hydrogen) atoms. The van der Waals surface area contributed by atoms with Crippen LogP contribution in [0.25, 0.3) is 0 Å². The molecule has 0 saturated carbocycles. The van der Waals surface area contributed by atoms with E-state index in [1.54, 1.807) is 11.8 Å². The van der Waals surface area contributed by atoms with Crippen molar-refractivity contribution in [3.63, 3.8) is 0 Å². The van der Waals surface area contributed by atoms with Crippen molar-refractivity contribution < 1.29 is 18.7 Å². The highest BCUT2D eigenvalue weighted by Crippen LogP contribution is 2.11. The number of unbranched alkanes of at least 4 members (excludes halogenated alkanes) is 1. The van der Waals surface area contributed by atoms with Crippen molar-refractivity contribution in [2.75, 3.05) is 39.3 Å². The van der Waals surface area contributed by atoms with Crippen LogP contribution in [0, 0.1) is 5.82 Å². The fourth-order valence-corrected chi connectivity index (χ4v) is 3.19. The van der Waals surface area contributed by atoms with Crippen molar-refractivity contribution >= 4 is 11.9 Å². The Kier molecular flexibility index (Phi) is 8.54. The second kappa shape index (κ2) is 10.9. The Morgan fingerprint density at radius 3 is 2.46 bits per heavy atom. The summed E-state index contributed by atoms with van der Waals surface area (Å²) in [5.74, 6) is -0.845. The van der Waals surface area contributed by atoms with Crippen molar-refractivity contribution in [2.45, 2.75) is 39.0 Å². The molecule has 0 aromatic heterocycles. The molecule has 1 heterocycles. The molecule has 0 atom stereocenters. The number of rotatable bonds is 10. The van der Waals surface area contributed by atoms with E-state index in [9.17, 15) is 14.0 Å². The number of nitrogens with zero attached hydrogens (tertiary/aromatic N) is 2. The predicted octanol–water partition coefficient (Wildman–Crippen LogP) is 3.10. The molecule has 0 aliphatic carbocycles. The van der Waals surface area contributed by atoms with Crippen molar-refractivity contribution in [2.24, 2.45) is 0 Å². The van der Waals surface area contributed by atoms with Gasteiger partial charge < -0.3 is 14.5 Å². The second-order valence-corrected chi connectivity index (χ2v) is 6.61. The van der Waals surface area contributed by atoms with Gasteiger partial charge in [-0.3, -0.25) is 9.59 Å². The van der Waals surface area contributed by atoms with Gasteiger partial charge in [0.15, 0.2) is 0 Å². The Hall–Kier alpha value is -1.95. The van der Waals surface area contributed by atoms with E-state index in [1.807, 2.05) is 0 Å². The summed E-state index contributed by atoms with van der Waals surface area (Å²) in [5.41, 5.74) is 0.440. The minimum Gasteiger partial charge on any atom is -0.466 e. The number of hydrogen-bond acceptors (Lipinski definition) is 4. The summed E-state index contributed by atoms with van der Waals surface area (Å²) in [6.07, 6.45) is 4.62. The van der Waals surface area contributed by atoms with Crippen LogP contribution in [-0.4, -0.2) is 61.0 Å². The number of amides is 1. The normalized spacial score (nSPS) is 14.4. The van der Waals surface area contributed by atoms with E-state index in [2.05, 4.69) is 4.90 Å². The number of likely N-dealkylation sites (tertiary alicyclic amines) is 1. The summed E-state index contributed by atoms with van der Waals surface area (Å²) in [4.78, 5) is 28.5. The van der Waals surface area contributed by atoms with Crippen LogP contribution in [0.1, 0.15) is 49.4 Å². The van der Waals surface area contributed by atoms with E-state index >= 15 is 0 Å². The standard InChI is InChI=1S/C20H29FN2O3/c1-2-26-19(24)11-16-23(15-6-5-14-22-12-3-4-13-22)20(25)17-7-9-18(21)10-8-17/h7-10H,2-6,11-16H2,1H3. The first-order valence-corrected chi connectivity index (χ1v) is 9.53. The number of halogens is 1. The van der Waals surface area contributed by atoms with Gasteiger partial charge in [-0.1, -0.05) is 0 Å². The second-order valence-electron chi connectivity index (χ2n) is 6.61. The van der Waals surface area contributed by atoms with Crippen LogP contribution in [0.4, 0.5) is 4.39 Å². The number of carbonyl (C=O) groups is 2. The van der Waals surface area contributed by atoms with Crippen LogP contribution in [0.5, 0.6) is 0 Å². The smallest absolute Gasteiger partial charge is 0.307 e. The summed E-state index contributed by atoms with van der Waals surface area (Å²) < 4.78 is 18.0. The van der Waals surface area contributed by atoms with Gasteiger partial charge in [0, 0.05) is 18.7 Å². The summed E-state index contributed by atoms with van der Waals surface area (Å²) in [6, 6.07) is 5.53. The molecule has 6 heteroatoms. The van der Waals surface area contributed by atoms with Crippen LogP contribution < -0.4 is 0 Å². The molecular formula is C20H29FN2O3. The van der Waals surface area contributed by atoms with E-state index in [-0.39, 0.29) is 24.1 Å². The third-order valence-electron chi connectivity index (χ3n) is 4.62. The van der Waals surface area contributed by atoms with Gasteiger partial charge in [0.1, 0.15) is 5.82 Å². The summed E-state index contributed by atoms with van der Waals surface area (Å²) in [7, 11) is 0. The molecule has 5 nitrogen and oxygen atoms in total.